The second-order valence-electron chi connectivity index (χ2n) is 0.129. The van der Waals surface area contributed by atoms with E-state index in [0.29, 0.717) is 0 Å². The maximum Gasteiger partial charge on any atom is 0.0286 e. The first-order chi connectivity index (χ1) is 1.41. The summed E-state index contributed by atoms with van der Waals surface area (Å²) in [5, 5.41) is 0. The van der Waals surface area contributed by atoms with Crippen LogP contribution in [0.25, 0.3) is 0 Å². The van der Waals surface area contributed by atoms with Crippen molar-refractivity contribution in [3.63, 3.8) is 0 Å². The Morgan fingerprint density at radius 3 is 1.75 bits per heavy atom. The molecule has 0 saturated carbocycles. The largest absolute Gasteiger partial charge is 0.373 e. The van der Waals surface area contributed by atoms with Gasteiger partial charge in [-0.05, 0) is 0 Å². The van der Waals surface area contributed by atoms with Gasteiger partial charge in [0.25, 0.3) is 0 Å². The van der Waals surface area contributed by atoms with Crippen LogP contribution in [-0.2, 0) is 21.1 Å². The molecular weight excluding hydrogens is 273 g/mol. The molecule has 0 aromatic heterocycles. The van der Waals surface area contributed by atoms with Crippen molar-refractivity contribution in [3.05, 3.63) is 0 Å². The maximum absolute atomic E-state index is 7.56. The van der Waals surface area contributed by atoms with E-state index in [-0.39, 0.29) is 29.6 Å². The Morgan fingerprint density at radius 1 is 1.75 bits per heavy atom. The van der Waals surface area contributed by atoms with Gasteiger partial charge in [-0.3, -0.25) is 0 Å². The summed E-state index contributed by atoms with van der Waals surface area (Å²) in [6.07, 6.45) is 0. The predicted octanol–water partition coefficient (Wildman–Crippen LogP) is 0.360. The zero-order valence-corrected chi connectivity index (χ0v) is 6.27. The summed E-state index contributed by atoms with van der Waals surface area (Å²) in [7, 11) is 2.16. The fourth-order valence-electron chi connectivity index (χ4n) is 0. The van der Waals surface area contributed by atoms with Crippen LogP contribution in [0, 0.1) is 0 Å². The Balaban J connectivity index is 0. The summed E-state index contributed by atoms with van der Waals surface area (Å²) in [5.41, 5.74) is 0. The third kappa shape index (κ3) is 9.70. The molecule has 0 aliphatic heterocycles. The van der Waals surface area contributed by atoms with E-state index < -0.39 is 0 Å². The molecule has 1 nitrogen and oxygen atoms in total. The van der Waals surface area contributed by atoms with E-state index in [1.807, 2.05) is 0 Å². The SMILES string of the molecule is OPP.[Pt]. The van der Waals surface area contributed by atoms with E-state index in [9.17, 15) is 0 Å². The zero-order valence-electron chi connectivity index (χ0n) is 1.84. The van der Waals surface area contributed by atoms with Crippen LogP contribution in [0.4, 0.5) is 0 Å². The van der Waals surface area contributed by atoms with E-state index in [2.05, 4.69) is 8.93 Å². The molecule has 4 heavy (non-hydrogen) atoms. The summed E-state index contributed by atoms with van der Waals surface area (Å²) >= 11 is 0. The fraction of sp³-hybridized carbons (Fsp3) is 0. The van der Waals surface area contributed by atoms with Gasteiger partial charge in [-0.2, -0.15) is 0 Å². The normalized spacial score (nSPS) is 7.50. The van der Waals surface area contributed by atoms with Gasteiger partial charge in [-0.15, -0.1) is 0 Å². The van der Waals surface area contributed by atoms with Crippen molar-refractivity contribution < 1.29 is 26.0 Å². The van der Waals surface area contributed by atoms with Crippen molar-refractivity contribution in [2.24, 2.45) is 0 Å². The standard InChI is InChI=1S/H4OP2.Pt/c1-3-2;/h1,3H,2H2;. The molecule has 0 aliphatic carbocycles. The first-order valence-corrected chi connectivity index (χ1v) is 3.27. The van der Waals surface area contributed by atoms with Gasteiger partial charge in [-0.25, -0.2) is 0 Å². The van der Waals surface area contributed by atoms with Gasteiger partial charge >= 0.3 is 0 Å². The Labute approximate surface area is 43.8 Å². The Morgan fingerprint density at radius 2 is 1.75 bits per heavy atom. The molecular formula is H4OP2Pt. The molecule has 2 unspecified atom stereocenters. The van der Waals surface area contributed by atoms with Gasteiger partial charge in [0, 0.05) is 29.6 Å². The smallest absolute Gasteiger partial charge is 0.0286 e. The van der Waals surface area contributed by atoms with Crippen LogP contribution in [0.2, 0.25) is 0 Å². The number of hydrogen-bond acceptors (Lipinski definition) is 1. The molecule has 1 N–H and O–H groups in total. The third-order valence-electron chi connectivity index (χ3n) is 0. The number of hydrogen-bond donors (Lipinski definition) is 1. The molecule has 4 heteroatoms. The van der Waals surface area contributed by atoms with Gasteiger partial charge in [0.05, 0.1) is 0 Å². The summed E-state index contributed by atoms with van der Waals surface area (Å²) < 4.78 is 0. The Hall–Kier alpha value is 1.51. The maximum atomic E-state index is 7.56. The third-order valence-corrected chi connectivity index (χ3v) is 0. The number of rotatable bonds is 0. The monoisotopic (exact) mass is 277 g/mol. The molecule has 30 valence electrons. The van der Waals surface area contributed by atoms with Crippen molar-refractivity contribution in [3.8, 4) is 0 Å². The molecule has 0 aliphatic rings. The summed E-state index contributed by atoms with van der Waals surface area (Å²) in [4.78, 5) is 7.56. The minimum Gasteiger partial charge on any atom is -0.373 e. The second-order valence-corrected chi connectivity index (χ2v) is 1.16. The van der Waals surface area contributed by atoms with Crippen LogP contribution >= 0.6 is 17.4 Å². The molecule has 0 heterocycles. The van der Waals surface area contributed by atoms with E-state index in [0.717, 1.165) is 0 Å². The van der Waals surface area contributed by atoms with E-state index in [1.165, 1.54) is 0 Å². The molecule has 0 radical (unpaired) electrons. The molecule has 0 fully saturated rings. The van der Waals surface area contributed by atoms with Crippen LogP contribution in [0.1, 0.15) is 0 Å². The van der Waals surface area contributed by atoms with Crippen molar-refractivity contribution in [2.75, 3.05) is 0 Å². The zero-order chi connectivity index (χ0) is 2.71. The van der Waals surface area contributed by atoms with Gasteiger partial charge in [0.1, 0.15) is 0 Å². The van der Waals surface area contributed by atoms with Crippen LogP contribution < -0.4 is 0 Å². The topological polar surface area (TPSA) is 20.2 Å². The van der Waals surface area contributed by atoms with Crippen LogP contribution in [0.5, 0.6) is 0 Å². The van der Waals surface area contributed by atoms with Gasteiger partial charge in [0.2, 0.25) is 0 Å². The fourth-order valence-corrected chi connectivity index (χ4v) is 0. The quantitative estimate of drug-likeness (QED) is 0.634. The Kier molecular flexibility index (Phi) is 20.1. The van der Waals surface area contributed by atoms with Crippen molar-refractivity contribution in [2.45, 2.75) is 0 Å². The predicted molar refractivity (Wildman–Crippen MR) is 20.2 cm³/mol. The van der Waals surface area contributed by atoms with Crippen molar-refractivity contribution >= 4 is 17.4 Å². The van der Waals surface area contributed by atoms with Crippen molar-refractivity contribution in [1.29, 1.82) is 0 Å². The molecule has 0 aromatic rings. The average Bonchev–Trinajstić information content (AvgIpc) is 0.918. The molecule has 0 bridgehead atoms. The first-order valence-electron chi connectivity index (χ1n) is 0.512. The minimum atomic E-state index is 0. The van der Waals surface area contributed by atoms with Gasteiger partial charge in [-0.1, -0.05) is 8.93 Å². The van der Waals surface area contributed by atoms with Gasteiger partial charge < -0.3 is 4.89 Å². The van der Waals surface area contributed by atoms with Crippen molar-refractivity contribution in [1.82, 2.24) is 0 Å². The van der Waals surface area contributed by atoms with Crippen LogP contribution in [0.15, 0.2) is 0 Å². The minimum absolute atomic E-state index is 0. The first kappa shape index (κ1) is 9.10. The molecule has 2 atom stereocenters. The Bertz CT molecular complexity index is 6.00. The molecule has 0 aromatic carbocycles. The van der Waals surface area contributed by atoms with E-state index in [4.69, 9.17) is 4.89 Å². The molecule has 0 spiro atoms. The molecule has 0 rings (SSSR count). The van der Waals surface area contributed by atoms with Crippen LogP contribution in [0.3, 0.4) is 0 Å². The van der Waals surface area contributed by atoms with E-state index in [1.54, 1.807) is 0 Å². The summed E-state index contributed by atoms with van der Waals surface area (Å²) in [6, 6.07) is 0. The van der Waals surface area contributed by atoms with Gasteiger partial charge in [0.15, 0.2) is 0 Å². The summed E-state index contributed by atoms with van der Waals surface area (Å²) in [5.74, 6) is 0. The molecule has 0 amide bonds. The van der Waals surface area contributed by atoms with E-state index >= 15 is 0 Å². The van der Waals surface area contributed by atoms with Crippen LogP contribution in [-0.4, -0.2) is 4.89 Å². The molecule has 0 saturated heterocycles. The summed E-state index contributed by atoms with van der Waals surface area (Å²) in [6.45, 7) is 0. The average molecular weight is 277 g/mol. The second kappa shape index (κ2) is 8.82.